The molecule has 7 heteroatoms. The molecule has 1 amide bonds. The molecule has 0 aliphatic rings. The maximum Gasteiger partial charge on any atom is 0.305 e. The van der Waals surface area contributed by atoms with Crippen molar-refractivity contribution in [3.8, 4) is 11.3 Å². The number of pyridine rings is 1. The molecule has 5 nitrogen and oxygen atoms in total. The number of aromatic nitrogens is 1. The van der Waals surface area contributed by atoms with E-state index in [4.69, 9.17) is 0 Å². The van der Waals surface area contributed by atoms with Gasteiger partial charge in [-0.15, -0.1) is 0 Å². The lowest BCUT2D eigenvalue weighted by Crippen LogP contribution is -2.31. The molecular weight excluding hydrogens is 378 g/mol. The molecule has 1 atom stereocenters. The number of benzene rings is 2. The highest BCUT2D eigenvalue weighted by Crippen LogP contribution is 2.24. The highest BCUT2D eigenvalue weighted by atomic mass is 19.1. The predicted octanol–water partition coefficient (Wildman–Crippen LogP) is 4.28. The van der Waals surface area contributed by atoms with E-state index in [0.29, 0.717) is 5.56 Å². The molecule has 1 aromatic heterocycles. The van der Waals surface area contributed by atoms with Gasteiger partial charge in [0.25, 0.3) is 5.91 Å². The number of nitrogens with zero attached hydrogens (tertiary/aromatic N) is 1. The second kappa shape index (κ2) is 8.60. The van der Waals surface area contributed by atoms with Gasteiger partial charge in [0.2, 0.25) is 0 Å². The Morgan fingerprint density at radius 2 is 1.83 bits per heavy atom. The zero-order chi connectivity index (χ0) is 21.0. The Kier molecular flexibility index (Phi) is 5.97. The molecule has 1 heterocycles. The maximum atomic E-state index is 14.0. The number of carboxylic acid groups (broad SMARTS) is 1. The largest absolute Gasteiger partial charge is 0.481 e. The Labute approximate surface area is 166 Å². The number of carbonyl (C=O) groups is 2. The predicted molar refractivity (Wildman–Crippen MR) is 103 cm³/mol. The van der Waals surface area contributed by atoms with E-state index in [1.54, 1.807) is 12.1 Å². The average molecular weight is 396 g/mol. The molecule has 0 radical (unpaired) electrons. The topological polar surface area (TPSA) is 79.3 Å². The van der Waals surface area contributed by atoms with Crippen LogP contribution in [0.1, 0.15) is 34.1 Å². The number of carboxylic acids is 1. The SMILES string of the molecule is Cc1ccccc1[C@H](CC(=O)O)NC(=O)c1cccc(-c2cc(F)ccc2F)n1. The number of nitrogens with one attached hydrogen (secondary N) is 1. The molecule has 2 aromatic carbocycles. The molecule has 3 rings (SSSR count). The van der Waals surface area contributed by atoms with E-state index in [2.05, 4.69) is 10.3 Å². The molecule has 0 aliphatic carbocycles. The highest BCUT2D eigenvalue weighted by Gasteiger charge is 2.21. The number of hydrogen-bond acceptors (Lipinski definition) is 3. The zero-order valence-electron chi connectivity index (χ0n) is 15.5. The third kappa shape index (κ3) is 4.82. The van der Waals surface area contributed by atoms with Crippen molar-refractivity contribution in [3.05, 3.63) is 89.1 Å². The van der Waals surface area contributed by atoms with Crippen LogP contribution >= 0.6 is 0 Å². The van der Waals surface area contributed by atoms with Gasteiger partial charge in [0.15, 0.2) is 0 Å². The van der Waals surface area contributed by atoms with Gasteiger partial charge in [0.1, 0.15) is 17.3 Å². The van der Waals surface area contributed by atoms with Crippen LogP contribution in [0.15, 0.2) is 60.7 Å². The molecule has 0 saturated heterocycles. The quantitative estimate of drug-likeness (QED) is 0.652. The van der Waals surface area contributed by atoms with Crippen molar-refractivity contribution in [1.29, 1.82) is 0 Å². The molecule has 0 aliphatic heterocycles. The number of hydrogen-bond donors (Lipinski definition) is 2. The average Bonchev–Trinajstić information content (AvgIpc) is 2.69. The molecule has 3 aromatic rings. The van der Waals surface area contributed by atoms with Crippen molar-refractivity contribution < 1.29 is 23.5 Å². The van der Waals surface area contributed by atoms with Crippen LogP contribution < -0.4 is 5.32 Å². The summed E-state index contributed by atoms with van der Waals surface area (Å²) in [7, 11) is 0. The molecule has 2 N–H and O–H groups in total. The Bertz CT molecular complexity index is 1070. The number of aryl methyl sites for hydroxylation is 1. The lowest BCUT2D eigenvalue weighted by Gasteiger charge is -2.19. The number of halogens is 2. The Morgan fingerprint density at radius 3 is 2.55 bits per heavy atom. The fourth-order valence-corrected chi connectivity index (χ4v) is 3.03. The maximum absolute atomic E-state index is 14.0. The van der Waals surface area contributed by atoms with Crippen LogP contribution in [0.4, 0.5) is 8.78 Å². The summed E-state index contributed by atoms with van der Waals surface area (Å²) in [6.07, 6.45) is -0.311. The normalized spacial score (nSPS) is 11.7. The molecule has 0 bridgehead atoms. The van der Waals surface area contributed by atoms with Crippen LogP contribution in [0.3, 0.4) is 0 Å². The number of aliphatic carboxylic acids is 1. The van der Waals surface area contributed by atoms with E-state index in [1.807, 2.05) is 19.1 Å². The van der Waals surface area contributed by atoms with E-state index in [-0.39, 0.29) is 23.4 Å². The van der Waals surface area contributed by atoms with Crippen molar-refractivity contribution in [1.82, 2.24) is 10.3 Å². The van der Waals surface area contributed by atoms with E-state index in [1.165, 1.54) is 18.2 Å². The number of rotatable bonds is 6. The van der Waals surface area contributed by atoms with E-state index in [0.717, 1.165) is 23.8 Å². The second-order valence-corrected chi connectivity index (χ2v) is 6.51. The summed E-state index contributed by atoms with van der Waals surface area (Å²) in [4.78, 5) is 28.1. The molecule has 0 saturated carbocycles. The van der Waals surface area contributed by atoms with Gasteiger partial charge in [-0.05, 0) is 48.4 Å². The third-order valence-corrected chi connectivity index (χ3v) is 4.43. The van der Waals surface area contributed by atoms with Crippen molar-refractivity contribution in [2.24, 2.45) is 0 Å². The van der Waals surface area contributed by atoms with E-state index in [9.17, 15) is 23.5 Å². The second-order valence-electron chi connectivity index (χ2n) is 6.51. The molecular formula is C22H18F2N2O3. The first-order valence-corrected chi connectivity index (χ1v) is 8.86. The fraction of sp³-hybridized carbons (Fsp3) is 0.136. The van der Waals surface area contributed by atoms with Crippen molar-refractivity contribution >= 4 is 11.9 Å². The molecule has 0 fully saturated rings. The minimum Gasteiger partial charge on any atom is -0.481 e. The summed E-state index contributed by atoms with van der Waals surface area (Å²) < 4.78 is 27.5. The van der Waals surface area contributed by atoms with Crippen LogP contribution in [-0.4, -0.2) is 22.0 Å². The highest BCUT2D eigenvalue weighted by molar-refractivity contribution is 5.93. The van der Waals surface area contributed by atoms with Gasteiger partial charge in [0, 0.05) is 5.56 Å². The number of amides is 1. The first-order chi connectivity index (χ1) is 13.8. The Morgan fingerprint density at radius 1 is 1.07 bits per heavy atom. The van der Waals surface area contributed by atoms with Gasteiger partial charge >= 0.3 is 5.97 Å². The van der Waals surface area contributed by atoms with E-state index >= 15 is 0 Å². The summed E-state index contributed by atoms with van der Waals surface area (Å²) in [6.45, 7) is 1.82. The van der Waals surface area contributed by atoms with Crippen molar-refractivity contribution in [3.63, 3.8) is 0 Å². The minimum atomic E-state index is -1.07. The summed E-state index contributed by atoms with van der Waals surface area (Å²) in [5.41, 5.74) is 1.51. The summed E-state index contributed by atoms with van der Waals surface area (Å²) >= 11 is 0. The van der Waals surface area contributed by atoms with Crippen LogP contribution in [0.2, 0.25) is 0 Å². The molecule has 148 valence electrons. The van der Waals surface area contributed by atoms with Crippen molar-refractivity contribution in [2.45, 2.75) is 19.4 Å². The Balaban J connectivity index is 1.90. The van der Waals surface area contributed by atoms with Crippen LogP contribution in [0.25, 0.3) is 11.3 Å². The van der Waals surface area contributed by atoms with Crippen LogP contribution in [0, 0.1) is 18.6 Å². The minimum absolute atomic E-state index is 0.0323. The lowest BCUT2D eigenvalue weighted by atomic mass is 9.98. The zero-order valence-corrected chi connectivity index (χ0v) is 15.5. The summed E-state index contributed by atoms with van der Waals surface area (Å²) in [5, 5.41) is 11.9. The fourth-order valence-electron chi connectivity index (χ4n) is 3.03. The van der Waals surface area contributed by atoms with Gasteiger partial charge in [-0.3, -0.25) is 9.59 Å². The summed E-state index contributed by atoms with van der Waals surface area (Å²) in [6, 6.07) is 13.7. The standard InChI is InChI=1S/C22H18F2N2O3/c1-13-5-2-3-6-15(13)20(12-21(27)28)26-22(29)19-8-4-7-18(25-19)16-11-14(23)9-10-17(16)24/h2-11,20H,12H2,1H3,(H,26,29)(H,27,28)/t20-/m0/s1. The molecule has 0 spiro atoms. The van der Waals surface area contributed by atoms with Crippen LogP contribution in [0.5, 0.6) is 0 Å². The van der Waals surface area contributed by atoms with Gasteiger partial charge < -0.3 is 10.4 Å². The summed E-state index contributed by atoms with van der Waals surface area (Å²) in [5.74, 6) is -2.97. The molecule has 29 heavy (non-hydrogen) atoms. The number of carbonyl (C=O) groups excluding carboxylic acids is 1. The lowest BCUT2D eigenvalue weighted by molar-refractivity contribution is -0.137. The van der Waals surface area contributed by atoms with Gasteiger partial charge in [-0.1, -0.05) is 30.3 Å². The third-order valence-electron chi connectivity index (χ3n) is 4.43. The first kappa shape index (κ1) is 20.1. The van der Waals surface area contributed by atoms with Crippen molar-refractivity contribution in [2.75, 3.05) is 0 Å². The van der Waals surface area contributed by atoms with Crippen LogP contribution in [-0.2, 0) is 4.79 Å². The van der Waals surface area contributed by atoms with Gasteiger partial charge in [-0.2, -0.15) is 0 Å². The smallest absolute Gasteiger partial charge is 0.305 e. The van der Waals surface area contributed by atoms with E-state index < -0.39 is 29.6 Å². The monoisotopic (exact) mass is 396 g/mol. The Hall–Kier alpha value is -3.61. The van der Waals surface area contributed by atoms with Gasteiger partial charge in [-0.25, -0.2) is 13.8 Å². The first-order valence-electron chi connectivity index (χ1n) is 8.86. The molecule has 0 unspecified atom stereocenters. The van der Waals surface area contributed by atoms with Gasteiger partial charge in [0.05, 0.1) is 18.2 Å².